The Morgan fingerprint density at radius 3 is 2.35 bits per heavy atom. The topological polar surface area (TPSA) is 77.9 Å². The summed E-state index contributed by atoms with van der Waals surface area (Å²) in [5.74, 6) is 1.34. The molecule has 3 aromatic carbocycles. The van der Waals surface area contributed by atoms with Gasteiger partial charge in [0.1, 0.15) is 35.0 Å². The van der Waals surface area contributed by atoms with Crippen LogP contribution in [0.4, 0.5) is 0 Å². The van der Waals surface area contributed by atoms with Crippen molar-refractivity contribution in [2.75, 3.05) is 14.2 Å². The highest BCUT2D eigenvalue weighted by Crippen LogP contribution is 2.34. The number of aliphatic hydroxyl groups excluding tert-OH is 1. The van der Waals surface area contributed by atoms with Crippen molar-refractivity contribution >= 4 is 17.6 Å². The van der Waals surface area contributed by atoms with Crippen molar-refractivity contribution in [3.8, 4) is 28.4 Å². The number of nitrogens with zero attached hydrogens (tertiary/aromatic N) is 1. The summed E-state index contributed by atoms with van der Waals surface area (Å²) in [4.78, 5) is 15.6. The number of carbonyl (C=O) groups is 1. The number of benzene rings is 3. The lowest BCUT2D eigenvalue weighted by atomic mass is 9.95. The average molecular weight is 476 g/mol. The van der Waals surface area contributed by atoms with Crippen molar-refractivity contribution in [1.82, 2.24) is 4.98 Å². The highest BCUT2D eigenvalue weighted by atomic mass is 32.1. The predicted octanol–water partition coefficient (Wildman–Crippen LogP) is 5.61. The standard InChI is InChI=1S/C27H25NO5S/c1-17-20(16-33-21-13-24(31-2)23(15-29)25(14-21)32-3)5-4-6-22(17)18-7-9-19(10-8-18)26(30)27-28-11-12-34-27/h4-15,26,30H,16H2,1-3H3. The van der Waals surface area contributed by atoms with E-state index in [1.165, 1.54) is 25.6 Å². The Morgan fingerprint density at radius 1 is 1.06 bits per heavy atom. The molecule has 7 heteroatoms. The molecule has 1 N–H and O–H groups in total. The first kappa shape index (κ1) is 23.5. The van der Waals surface area contributed by atoms with Gasteiger partial charge < -0.3 is 19.3 Å². The van der Waals surface area contributed by atoms with Gasteiger partial charge in [0, 0.05) is 23.7 Å². The molecular weight excluding hydrogens is 450 g/mol. The number of hydrogen-bond acceptors (Lipinski definition) is 7. The van der Waals surface area contributed by atoms with Gasteiger partial charge in [-0.25, -0.2) is 4.98 Å². The predicted molar refractivity (Wildman–Crippen MR) is 132 cm³/mol. The molecule has 174 valence electrons. The van der Waals surface area contributed by atoms with Crippen LogP contribution >= 0.6 is 11.3 Å². The van der Waals surface area contributed by atoms with Gasteiger partial charge in [0.25, 0.3) is 0 Å². The molecule has 6 nitrogen and oxygen atoms in total. The molecule has 34 heavy (non-hydrogen) atoms. The van der Waals surface area contributed by atoms with Crippen molar-refractivity contribution in [1.29, 1.82) is 0 Å². The zero-order valence-electron chi connectivity index (χ0n) is 19.1. The summed E-state index contributed by atoms with van der Waals surface area (Å²) >= 11 is 1.43. The Kier molecular flexibility index (Phi) is 7.25. The third kappa shape index (κ3) is 4.81. The van der Waals surface area contributed by atoms with Crippen molar-refractivity contribution in [3.05, 3.63) is 93.4 Å². The maximum absolute atomic E-state index is 11.4. The molecular formula is C27H25NO5S. The first-order valence-electron chi connectivity index (χ1n) is 10.7. The lowest BCUT2D eigenvalue weighted by Gasteiger charge is -2.15. The molecule has 0 aliphatic carbocycles. The fourth-order valence-corrected chi connectivity index (χ4v) is 4.43. The minimum atomic E-state index is -0.727. The van der Waals surface area contributed by atoms with Crippen LogP contribution in [0.25, 0.3) is 11.1 Å². The SMILES string of the molecule is COc1cc(OCc2cccc(-c3ccc(C(O)c4nccs4)cc3)c2C)cc(OC)c1C=O. The Labute approximate surface area is 202 Å². The third-order valence-corrected chi connectivity index (χ3v) is 6.53. The normalized spacial score (nSPS) is 11.6. The molecule has 0 radical (unpaired) electrons. The van der Waals surface area contributed by atoms with Gasteiger partial charge in [-0.3, -0.25) is 4.79 Å². The van der Waals surface area contributed by atoms with E-state index in [9.17, 15) is 9.90 Å². The second-order valence-electron chi connectivity index (χ2n) is 7.63. The number of aldehydes is 1. The summed E-state index contributed by atoms with van der Waals surface area (Å²) in [7, 11) is 3.00. The number of rotatable bonds is 9. The molecule has 0 amide bonds. The highest BCUT2D eigenvalue weighted by molar-refractivity contribution is 7.09. The summed E-state index contributed by atoms with van der Waals surface area (Å²) in [6.07, 6.45) is 1.67. The molecule has 0 spiro atoms. The van der Waals surface area contributed by atoms with Crippen molar-refractivity contribution in [2.24, 2.45) is 0 Å². The van der Waals surface area contributed by atoms with Crippen molar-refractivity contribution in [3.63, 3.8) is 0 Å². The molecule has 1 aromatic heterocycles. The average Bonchev–Trinajstić information content (AvgIpc) is 3.42. The van der Waals surface area contributed by atoms with Crippen molar-refractivity contribution < 1.29 is 24.1 Å². The molecule has 0 saturated carbocycles. The zero-order chi connectivity index (χ0) is 24.1. The van der Waals surface area contributed by atoms with E-state index in [1.807, 2.05) is 41.8 Å². The van der Waals surface area contributed by atoms with Gasteiger partial charge in [-0.05, 0) is 34.7 Å². The molecule has 0 saturated heterocycles. The van der Waals surface area contributed by atoms with Crippen LogP contribution in [0, 0.1) is 6.92 Å². The number of aromatic nitrogens is 1. The minimum absolute atomic E-state index is 0.341. The Morgan fingerprint density at radius 2 is 1.76 bits per heavy atom. The van der Waals surface area contributed by atoms with Crippen LogP contribution in [0.1, 0.15) is 38.2 Å². The summed E-state index contributed by atoms with van der Waals surface area (Å²) < 4.78 is 16.6. The largest absolute Gasteiger partial charge is 0.496 e. The number of aliphatic hydroxyl groups is 1. The maximum Gasteiger partial charge on any atom is 0.157 e. The van der Waals surface area contributed by atoms with E-state index in [2.05, 4.69) is 18.0 Å². The Hall–Kier alpha value is -3.68. The third-order valence-electron chi connectivity index (χ3n) is 5.70. The van der Waals surface area contributed by atoms with Gasteiger partial charge in [-0.1, -0.05) is 42.5 Å². The Bertz CT molecular complexity index is 1240. The number of methoxy groups -OCH3 is 2. The molecule has 4 aromatic rings. The van der Waals surface area contributed by atoms with Crippen LogP contribution in [0.5, 0.6) is 17.2 Å². The van der Waals surface area contributed by atoms with E-state index in [0.717, 1.165) is 27.8 Å². The van der Waals surface area contributed by atoms with E-state index >= 15 is 0 Å². The number of hydrogen-bond donors (Lipinski definition) is 1. The number of carbonyl (C=O) groups excluding carboxylic acids is 1. The molecule has 1 heterocycles. The second-order valence-corrected chi connectivity index (χ2v) is 8.56. The van der Waals surface area contributed by atoms with Gasteiger partial charge in [0.15, 0.2) is 6.29 Å². The van der Waals surface area contributed by atoms with Gasteiger partial charge in [0.2, 0.25) is 0 Å². The first-order valence-corrected chi connectivity index (χ1v) is 11.5. The van der Waals surface area contributed by atoms with E-state index < -0.39 is 6.10 Å². The lowest BCUT2D eigenvalue weighted by Crippen LogP contribution is -2.02. The highest BCUT2D eigenvalue weighted by Gasteiger charge is 2.15. The van der Waals surface area contributed by atoms with Crippen LogP contribution in [-0.2, 0) is 6.61 Å². The van der Waals surface area contributed by atoms with E-state index in [4.69, 9.17) is 14.2 Å². The summed E-state index contributed by atoms with van der Waals surface area (Å²) in [6, 6.07) is 17.3. The fraction of sp³-hybridized carbons (Fsp3) is 0.185. The quantitative estimate of drug-likeness (QED) is 0.317. The maximum atomic E-state index is 11.4. The lowest BCUT2D eigenvalue weighted by molar-refractivity contribution is 0.111. The van der Waals surface area contributed by atoms with E-state index in [-0.39, 0.29) is 0 Å². The van der Waals surface area contributed by atoms with Gasteiger partial charge in [0.05, 0.1) is 19.8 Å². The summed E-state index contributed by atoms with van der Waals surface area (Å²) in [5, 5.41) is 13.1. The summed E-state index contributed by atoms with van der Waals surface area (Å²) in [6.45, 7) is 2.40. The van der Waals surface area contributed by atoms with Crippen LogP contribution < -0.4 is 14.2 Å². The molecule has 1 atom stereocenters. The van der Waals surface area contributed by atoms with Gasteiger partial charge >= 0.3 is 0 Å². The van der Waals surface area contributed by atoms with Gasteiger partial charge in [-0.2, -0.15) is 0 Å². The smallest absolute Gasteiger partial charge is 0.157 e. The Balaban J connectivity index is 1.54. The molecule has 0 aliphatic rings. The van der Waals surface area contributed by atoms with E-state index in [0.29, 0.717) is 40.7 Å². The van der Waals surface area contributed by atoms with Crippen molar-refractivity contribution in [2.45, 2.75) is 19.6 Å². The molecule has 4 rings (SSSR count). The minimum Gasteiger partial charge on any atom is -0.496 e. The number of thiazole rings is 1. The van der Waals surface area contributed by atoms with E-state index in [1.54, 1.807) is 18.3 Å². The van der Waals surface area contributed by atoms with Gasteiger partial charge in [-0.15, -0.1) is 11.3 Å². The van der Waals surface area contributed by atoms with Crippen LogP contribution in [-0.4, -0.2) is 30.6 Å². The molecule has 0 fully saturated rings. The molecule has 0 bridgehead atoms. The zero-order valence-corrected chi connectivity index (χ0v) is 20.0. The van der Waals surface area contributed by atoms with Crippen LogP contribution in [0.3, 0.4) is 0 Å². The first-order chi connectivity index (χ1) is 16.5. The molecule has 1 unspecified atom stereocenters. The summed E-state index contributed by atoms with van der Waals surface area (Å²) in [5.41, 5.74) is 5.41. The van der Waals surface area contributed by atoms with Crippen LogP contribution in [0.2, 0.25) is 0 Å². The monoisotopic (exact) mass is 475 g/mol. The molecule has 0 aliphatic heterocycles. The second kappa shape index (κ2) is 10.5. The number of ether oxygens (including phenoxy) is 3. The fourth-order valence-electron chi connectivity index (χ4n) is 3.78. The van der Waals surface area contributed by atoms with Crippen LogP contribution in [0.15, 0.2) is 66.2 Å².